The zero-order valence-corrected chi connectivity index (χ0v) is 9.16. The molecule has 0 aliphatic rings. The van der Waals surface area contributed by atoms with Gasteiger partial charge in [0.1, 0.15) is 11.5 Å². The molecule has 0 bridgehead atoms. The van der Waals surface area contributed by atoms with Crippen LogP contribution in [0, 0.1) is 0 Å². The number of hydrogen-bond acceptors (Lipinski definition) is 4. The predicted octanol–water partition coefficient (Wildman–Crippen LogP) is 0.735. The molecule has 0 unspecified atom stereocenters. The molecule has 0 aliphatic heterocycles. The monoisotopic (exact) mass is 223 g/mol. The summed E-state index contributed by atoms with van der Waals surface area (Å²) >= 11 is 0. The van der Waals surface area contributed by atoms with E-state index in [1.807, 2.05) is 0 Å². The second-order valence-electron chi connectivity index (χ2n) is 3.02. The molecular weight excluding hydrogens is 210 g/mol. The van der Waals surface area contributed by atoms with Crippen molar-refractivity contribution in [2.45, 2.75) is 13.8 Å². The molecule has 86 valence electrons. The van der Waals surface area contributed by atoms with Crippen molar-refractivity contribution in [1.29, 1.82) is 0 Å². The summed E-state index contributed by atoms with van der Waals surface area (Å²) in [6, 6.07) is 1.25. The van der Waals surface area contributed by atoms with Crippen molar-refractivity contribution < 1.29 is 9.53 Å². The van der Waals surface area contributed by atoms with Crippen molar-refractivity contribution in [1.82, 2.24) is 9.97 Å². The van der Waals surface area contributed by atoms with Gasteiger partial charge in [0.15, 0.2) is 0 Å². The molecule has 2 N–H and O–H groups in total. The molecule has 0 radical (unpaired) electrons. The number of aromatic nitrogens is 2. The number of carbonyl (C=O) groups excluding carboxylic acids is 1. The molecular formula is C10H13N3O3. The zero-order chi connectivity index (χ0) is 12.1. The first-order chi connectivity index (χ1) is 7.52. The molecule has 0 saturated heterocycles. The molecule has 0 atom stereocenters. The molecule has 16 heavy (non-hydrogen) atoms. The summed E-state index contributed by atoms with van der Waals surface area (Å²) < 4.78 is 5.12. The highest BCUT2D eigenvalue weighted by Gasteiger charge is 2.06. The summed E-state index contributed by atoms with van der Waals surface area (Å²) in [5.41, 5.74) is -0.0797. The van der Waals surface area contributed by atoms with Crippen molar-refractivity contribution in [2.75, 3.05) is 11.9 Å². The maximum atomic E-state index is 11.3. The van der Waals surface area contributed by atoms with Crippen LogP contribution in [0.4, 0.5) is 5.95 Å². The Morgan fingerprint density at radius 3 is 2.94 bits per heavy atom. The van der Waals surface area contributed by atoms with Crippen LogP contribution < -0.4 is 10.9 Å². The molecule has 1 rings (SSSR count). The highest BCUT2D eigenvalue weighted by Crippen LogP contribution is 2.09. The standard InChI is InChI=1S/C10H13N3O3/c1-4-16-6(2)8-5-9(15)13-10(12-8)11-7(3)14/h5H,2,4H2,1,3H3,(H2,11,12,13,14,15). The second kappa shape index (κ2) is 5.11. The number of nitrogens with one attached hydrogen (secondary N) is 2. The number of anilines is 1. The third kappa shape index (κ3) is 3.23. The number of aromatic amines is 1. The first kappa shape index (κ1) is 12.0. The Hall–Kier alpha value is -2.11. The van der Waals surface area contributed by atoms with Gasteiger partial charge in [0.2, 0.25) is 11.9 Å². The number of H-pyrrole nitrogens is 1. The van der Waals surface area contributed by atoms with E-state index < -0.39 is 0 Å². The lowest BCUT2D eigenvalue weighted by atomic mass is 10.3. The number of rotatable bonds is 4. The minimum Gasteiger partial charge on any atom is -0.492 e. The average Bonchev–Trinajstić information content (AvgIpc) is 2.15. The molecule has 0 aliphatic carbocycles. The summed E-state index contributed by atoms with van der Waals surface area (Å²) in [5.74, 6) is 0.0541. The molecule has 1 aromatic heterocycles. The molecule has 0 saturated carbocycles. The minimum atomic E-state index is -0.380. The lowest BCUT2D eigenvalue weighted by molar-refractivity contribution is -0.114. The third-order valence-electron chi connectivity index (χ3n) is 1.64. The van der Waals surface area contributed by atoms with Gasteiger partial charge in [0.05, 0.1) is 6.61 Å². The van der Waals surface area contributed by atoms with Gasteiger partial charge >= 0.3 is 0 Å². The quantitative estimate of drug-likeness (QED) is 0.737. The van der Waals surface area contributed by atoms with Gasteiger partial charge in [0.25, 0.3) is 5.56 Å². The molecule has 1 heterocycles. The lowest BCUT2D eigenvalue weighted by Crippen LogP contribution is -2.16. The number of nitrogens with zero attached hydrogens (tertiary/aromatic N) is 1. The number of carbonyl (C=O) groups is 1. The maximum absolute atomic E-state index is 11.3. The van der Waals surface area contributed by atoms with E-state index in [0.717, 1.165) is 0 Å². The Morgan fingerprint density at radius 2 is 2.38 bits per heavy atom. The first-order valence-corrected chi connectivity index (χ1v) is 4.74. The summed E-state index contributed by atoms with van der Waals surface area (Å²) in [6.45, 7) is 7.18. The zero-order valence-electron chi connectivity index (χ0n) is 9.16. The van der Waals surface area contributed by atoms with Gasteiger partial charge in [0, 0.05) is 13.0 Å². The Morgan fingerprint density at radius 1 is 1.69 bits per heavy atom. The van der Waals surface area contributed by atoms with Crippen LogP contribution in [0.2, 0.25) is 0 Å². The molecule has 1 aromatic rings. The Bertz CT molecular complexity index is 465. The van der Waals surface area contributed by atoms with Crippen molar-refractivity contribution in [2.24, 2.45) is 0 Å². The van der Waals surface area contributed by atoms with E-state index >= 15 is 0 Å². The predicted molar refractivity (Wildman–Crippen MR) is 59.8 cm³/mol. The van der Waals surface area contributed by atoms with Gasteiger partial charge < -0.3 is 4.74 Å². The number of ether oxygens (including phenoxy) is 1. The third-order valence-corrected chi connectivity index (χ3v) is 1.64. The molecule has 1 amide bonds. The second-order valence-corrected chi connectivity index (χ2v) is 3.02. The van der Waals surface area contributed by atoms with Gasteiger partial charge in [-0.05, 0) is 6.92 Å². The van der Waals surface area contributed by atoms with E-state index in [2.05, 4.69) is 21.9 Å². The highest BCUT2D eigenvalue weighted by molar-refractivity contribution is 5.86. The SMILES string of the molecule is C=C(OCC)c1cc(=O)[nH]c(NC(C)=O)n1. The molecule has 0 aromatic carbocycles. The lowest BCUT2D eigenvalue weighted by Gasteiger charge is -2.07. The Kier molecular flexibility index (Phi) is 3.82. The molecule has 0 fully saturated rings. The van der Waals surface area contributed by atoms with E-state index in [0.29, 0.717) is 18.1 Å². The van der Waals surface area contributed by atoms with Crippen molar-refractivity contribution in [3.8, 4) is 0 Å². The molecule has 0 spiro atoms. The van der Waals surface area contributed by atoms with E-state index in [9.17, 15) is 9.59 Å². The van der Waals surface area contributed by atoms with Gasteiger partial charge in [-0.3, -0.25) is 19.9 Å². The summed E-state index contributed by atoms with van der Waals surface area (Å²) in [5, 5.41) is 2.38. The number of amides is 1. The van der Waals surface area contributed by atoms with Crippen LogP contribution in [0.1, 0.15) is 19.5 Å². The van der Waals surface area contributed by atoms with Gasteiger partial charge in [-0.15, -0.1) is 0 Å². The minimum absolute atomic E-state index is 0.0795. The Balaban J connectivity index is 3.02. The van der Waals surface area contributed by atoms with Crippen molar-refractivity contribution in [3.63, 3.8) is 0 Å². The topological polar surface area (TPSA) is 84.1 Å². The van der Waals surface area contributed by atoms with Crippen LogP contribution in [0.5, 0.6) is 0 Å². The van der Waals surface area contributed by atoms with E-state index in [-0.39, 0.29) is 17.4 Å². The average molecular weight is 223 g/mol. The fourth-order valence-electron chi connectivity index (χ4n) is 1.07. The van der Waals surface area contributed by atoms with E-state index in [1.165, 1.54) is 13.0 Å². The first-order valence-electron chi connectivity index (χ1n) is 4.74. The maximum Gasteiger partial charge on any atom is 0.252 e. The van der Waals surface area contributed by atoms with Crippen LogP contribution in [-0.4, -0.2) is 22.5 Å². The normalized spacial score (nSPS) is 9.62. The van der Waals surface area contributed by atoms with Crippen LogP contribution in [0.15, 0.2) is 17.4 Å². The van der Waals surface area contributed by atoms with Crippen LogP contribution in [0.25, 0.3) is 5.76 Å². The van der Waals surface area contributed by atoms with E-state index in [1.54, 1.807) is 6.92 Å². The summed E-state index contributed by atoms with van der Waals surface area (Å²) in [7, 11) is 0. The van der Waals surface area contributed by atoms with Gasteiger partial charge in [-0.1, -0.05) is 6.58 Å². The van der Waals surface area contributed by atoms with Crippen LogP contribution in [-0.2, 0) is 9.53 Å². The summed E-state index contributed by atoms with van der Waals surface area (Å²) in [6.07, 6.45) is 0. The van der Waals surface area contributed by atoms with Crippen LogP contribution >= 0.6 is 0 Å². The Labute approximate surface area is 92.4 Å². The van der Waals surface area contributed by atoms with Crippen molar-refractivity contribution in [3.05, 3.63) is 28.7 Å². The fraction of sp³-hybridized carbons (Fsp3) is 0.300. The smallest absolute Gasteiger partial charge is 0.252 e. The fourth-order valence-corrected chi connectivity index (χ4v) is 1.07. The van der Waals surface area contributed by atoms with Gasteiger partial charge in [-0.25, -0.2) is 4.98 Å². The summed E-state index contributed by atoms with van der Waals surface area (Å²) in [4.78, 5) is 28.4. The van der Waals surface area contributed by atoms with Gasteiger partial charge in [-0.2, -0.15) is 0 Å². The molecule has 6 heteroatoms. The highest BCUT2D eigenvalue weighted by atomic mass is 16.5. The van der Waals surface area contributed by atoms with E-state index in [4.69, 9.17) is 4.74 Å². The van der Waals surface area contributed by atoms with Crippen LogP contribution in [0.3, 0.4) is 0 Å². The van der Waals surface area contributed by atoms with Crippen molar-refractivity contribution >= 4 is 17.6 Å². The number of hydrogen-bond donors (Lipinski definition) is 2. The largest absolute Gasteiger partial charge is 0.492 e. The molecule has 6 nitrogen and oxygen atoms in total.